The van der Waals surface area contributed by atoms with Gasteiger partial charge in [-0.25, -0.2) is 4.79 Å². The van der Waals surface area contributed by atoms with Gasteiger partial charge < -0.3 is 24.9 Å². The number of nitrogens with one attached hydrogen (secondary N) is 2. The van der Waals surface area contributed by atoms with Crippen LogP contribution < -0.4 is 15.4 Å². The third kappa shape index (κ3) is 5.00. The van der Waals surface area contributed by atoms with Crippen LogP contribution >= 0.6 is 0 Å². The third-order valence-corrected chi connectivity index (χ3v) is 4.10. The Morgan fingerprint density at radius 1 is 1.28 bits per heavy atom. The molecule has 6 heteroatoms. The molecule has 0 bridgehead atoms. The summed E-state index contributed by atoms with van der Waals surface area (Å²) >= 11 is 0. The Bertz CT molecular complexity index is 692. The molecule has 2 atom stereocenters. The van der Waals surface area contributed by atoms with E-state index in [1.54, 1.807) is 33.1 Å². The molecule has 0 saturated carbocycles. The summed E-state index contributed by atoms with van der Waals surface area (Å²) in [6.07, 6.45) is 0.744. The fourth-order valence-electron chi connectivity index (χ4n) is 2.53. The van der Waals surface area contributed by atoms with Crippen molar-refractivity contribution in [2.24, 2.45) is 0 Å². The van der Waals surface area contributed by atoms with E-state index in [2.05, 4.69) is 10.6 Å². The van der Waals surface area contributed by atoms with E-state index in [0.29, 0.717) is 11.5 Å². The monoisotopic (exact) mass is 346 g/mol. The Labute approximate surface area is 148 Å². The average Bonchev–Trinajstić information content (AvgIpc) is 3.05. The Kier molecular flexibility index (Phi) is 6.09. The van der Waals surface area contributed by atoms with Gasteiger partial charge in [-0.05, 0) is 50.1 Å². The highest BCUT2D eigenvalue weighted by Gasteiger charge is 2.27. The zero-order valence-corrected chi connectivity index (χ0v) is 15.1. The average molecular weight is 346 g/mol. The first-order valence-corrected chi connectivity index (χ1v) is 8.33. The van der Waals surface area contributed by atoms with Crippen LogP contribution in [0.25, 0.3) is 0 Å². The third-order valence-electron chi connectivity index (χ3n) is 4.10. The molecule has 1 aromatic heterocycles. The van der Waals surface area contributed by atoms with Crippen molar-refractivity contribution in [1.82, 2.24) is 10.6 Å². The number of rotatable bonds is 7. The lowest BCUT2D eigenvalue weighted by atomic mass is 10.0. The summed E-state index contributed by atoms with van der Waals surface area (Å²) in [5.41, 5.74) is -0.278. The molecule has 0 aliphatic heterocycles. The lowest BCUT2D eigenvalue weighted by Gasteiger charge is -2.23. The number of carbonyl (C=O) groups is 1. The summed E-state index contributed by atoms with van der Waals surface area (Å²) < 4.78 is 10.6. The van der Waals surface area contributed by atoms with Crippen LogP contribution in [0.5, 0.6) is 5.75 Å². The van der Waals surface area contributed by atoms with Crippen LogP contribution in [0.2, 0.25) is 0 Å². The van der Waals surface area contributed by atoms with Gasteiger partial charge in [-0.3, -0.25) is 0 Å². The molecule has 136 valence electrons. The van der Waals surface area contributed by atoms with Crippen LogP contribution in [0.1, 0.15) is 43.4 Å². The zero-order valence-electron chi connectivity index (χ0n) is 15.1. The topological polar surface area (TPSA) is 83.7 Å². The van der Waals surface area contributed by atoms with Crippen molar-refractivity contribution in [3.8, 4) is 5.75 Å². The SMILES string of the molecule is CCC(NC(=O)NCC(C)(O)c1ccc(C)o1)c1ccc(OC)cc1. The minimum absolute atomic E-state index is 0.0465. The molecule has 25 heavy (non-hydrogen) atoms. The number of ether oxygens (including phenoxy) is 1. The van der Waals surface area contributed by atoms with E-state index in [4.69, 9.17) is 9.15 Å². The summed E-state index contributed by atoms with van der Waals surface area (Å²) in [5.74, 6) is 1.91. The molecular formula is C19H26N2O4. The molecule has 0 aliphatic carbocycles. The van der Waals surface area contributed by atoms with E-state index in [1.807, 2.05) is 31.2 Å². The quantitative estimate of drug-likeness (QED) is 0.718. The highest BCUT2D eigenvalue weighted by molar-refractivity contribution is 5.74. The predicted octanol–water partition coefficient (Wildman–Crippen LogP) is 3.25. The Balaban J connectivity index is 1.93. The maximum Gasteiger partial charge on any atom is 0.315 e. The van der Waals surface area contributed by atoms with Crippen molar-refractivity contribution in [1.29, 1.82) is 0 Å². The summed E-state index contributed by atoms with van der Waals surface area (Å²) in [4.78, 5) is 12.2. The molecule has 0 aliphatic rings. The van der Waals surface area contributed by atoms with Crippen molar-refractivity contribution in [2.75, 3.05) is 13.7 Å². The van der Waals surface area contributed by atoms with Gasteiger partial charge in [0.2, 0.25) is 0 Å². The van der Waals surface area contributed by atoms with Crippen LogP contribution in [0.3, 0.4) is 0 Å². The Hall–Kier alpha value is -2.47. The second-order valence-electron chi connectivity index (χ2n) is 6.25. The molecule has 0 spiro atoms. The van der Waals surface area contributed by atoms with Crippen molar-refractivity contribution < 1.29 is 19.1 Å². The van der Waals surface area contributed by atoms with Gasteiger partial charge in [-0.1, -0.05) is 19.1 Å². The van der Waals surface area contributed by atoms with E-state index in [9.17, 15) is 9.90 Å². The molecule has 1 heterocycles. The first-order chi connectivity index (χ1) is 11.9. The second kappa shape index (κ2) is 8.07. The van der Waals surface area contributed by atoms with Crippen LogP contribution in [0.15, 0.2) is 40.8 Å². The minimum Gasteiger partial charge on any atom is -0.497 e. The van der Waals surface area contributed by atoms with Gasteiger partial charge in [0.1, 0.15) is 22.9 Å². The number of carbonyl (C=O) groups excluding carboxylic acids is 1. The molecule has 2 rings (SSSR count). The normalized spacial score (nSPS) is 14.4. The lowest BCUT2D eigenvalue weighted by molar-refractivity contribution is 0.0359. The maximum absolute atomic E-state index is 12.2. The number of furan rings is 1. The van der Waals surface area contributed by atoms with Crippen LogP contribution in [0.4, 0.5) is 4.79 Å². The molecule has 2 unspecified atom stereocenters. The fourth-order valence-corrected chi connectivity index (χ4v) is 2.53. The van der Waals surface area contributed by atoms with Crippen LogP contribution in [-0.2, 0) is 5.60 Å². The molecule has 3 N–H and O–H groups in total. The van der Waals surface area contributed by atoms with Gasteiger partial charge in [0.15, 0.2) is 0 Å². The van der Waals surface area contributed by atoms with Gasteiger partial charge in [0, 0.05) is 0 Å². The Morgan fingerprint density at radius 3 is 2.48 bits per heavy atom. The summed E-state index contributed by atoms with van der Waals surface area (Å²) in [6.45, 7) is 5.45. The number of hydrogen-bond acceptors (Lipinski definition) is 4. The minimum atomic E-state index is -1.27. The number of benzene rings is 1. The molecule has 2 amide bonds. The summed E-state index contributed by atoms with van der Waals surface area (Å²) in [7, 11) is 1.62. The molecule has 0 radical (unpaired) electrons. The van der Waals surface area contributed by atoms with Crippen molar-refractivity contribution in [3.63, 3.8) is 0 Å². The van der Waals surface area contributed by atoms with Crippen molar-refractivity contribution >= 4 is 6.03 Å². The first-order valence-electron chi connectivity index (χ1n) is 8.33. The lowest BCUT2D eigenvalue weighted by Crippen LogP contribution is -2.44. The molecule has 0 saturated heterocycles. The molecule has 2 aromatic rings. The number of amides is 2. The van der Waals surface area contributed by atoms with E-state index in [1.165, 1.54) is 0 Å². The fraction of sp³-hybridized carbons (Fsp3) is 0.421. The number of urea groups is 1. The smallest absolute Gasteiger partial charge is 0.315 e. The van der Waals surface area contributed by atoms with E-state index < -0.39 is 5.60 Å². The van der Waals surface area contributed by atoms with Gasteiger partial charge in [0.05, 0.1) is 19.7 Å². The number of hydrogen-bond donors (Lipinski definition) is 3. The predicted molar refractivity (Wildman–Crippen MR) is 95.6 cm³/mol. The standard InChI is InChI=1S/C19H26N2O4/c1-5-16(14-7-9-15(24-4)10-8-14)21-18(22)20-12-19(3,23)17-11-6-13(2)25-17/h6-11,16,23H,5,12H2,1-4H3,(H2,20,21,22). The molecule has 1 aromatic carbocycles. The Morgan fingerprint density at radius 2 is 1.96 bits per heavy atom. The highest BCUT2D eigenvalue weighted by Crippen LogP contribution is 2.22. The zero-order chi connectivity index (χ0) is 18.4. The van der Waals surface area contributed by atoms with E-state index >= 15 is 0 Å². The maximum atomic E-state index is 12.2. The van der Waals surface area contributed by atoms with Gasteiger partial charge in [0.25, 0.3) is 0 Å². The number of aliphatic hydroxyl groups is 1. The first kappa shape index (κ1) is 18.9. The summed E-state index contributed by atoms with van der Waals surface area (Å²) in [6, 6.07) is 10.6. The van der Waals surface area contributed by atoms with Crippen LogP contribution in [0, 0.1) is 6.92 Å². The molecular weight excluding hydrogens is 320 g/mol. The van der Waals surface area contributed by atoms with Crippen LogP contribution in [-0.4, -0.2) is 24.8 Å². The molecule has 6 nitrogen and oxygen atoms in total. The van der Waals surface area contributed by atoms with Crippen molar-refractivity contribution in [2.45, 2.75) is 38.8 Å². The van der Waals surface area contributed by atoms with Gasteiger partial charge >= 0.3 is 6.03 Å². The van der Waals surface area contributed by atoms with Crippen molar-refractivity contribution in [3.05, 3.63) is 53.5 Å². The van der Waals surface area contributed by atoms with E-state index in [0.717, 1.165) is 17.7 Å². The van der Waals surface area contributed by atoms with Gasteiger partial charge in [-0.15, -0.1) is 0 Å². The largest absolute Gasteiger partial charge is 0.497 e. The summed E-state index contributed by atoms with van der Waals surface area (Å²) in [5, 5.41) is 16.1. The number of aryl methyl sites for hydroxylation is 1. The molecule has 0 fully saturated rings. The van der Waals surface area contributed by atoms with E-state index in [-0.39, 0.29) is 18.6 Å². The van der Waals surface area contributed by atoms with Gasteiger partial charge in [-0.2, -0.15) is 0 Å². The number of methoxy groups -OCH3 is 1. The second-order valence-corrected chi connectivity index (χ2v) is 6.25. The highest BCUT2D eigenvalue weighted by atomic mass is 16.5.